The van der Waals surface area contributed by atoms with Crippen molar-refractivity contribution in [3.05, 3.63) is 63.9 Å². The Morgan fingerprint density at radius 1 is 1.23 bits per heavy atom. The molecule has 0 spiro atoms. The van der Waals surface area contributed by atoms with Gasteiger partial charge in [0, 0.05) is 21.8 Å². The Bertz CT molecular complexity index is 878. The molecule has 0 saturated heterocycles. The summed E-state index contributed by atoms with van der Waals surface area (Å²) < 4.78 is 6.64. The van der Waals surface area contributed by atoms with Crippen molar-refractivity contribution >= 4 is 38.3 Å². The monoisotopic (exact) mass is 430 g/mol. The summed E-state index contributed by atoms with van der Waals surface area (Å²) in [5.41, 5.74) is 3.07. The van der Waals surface area contributed by atoms with Crippen LogP contribution in [0, 0.1) is 6.92 Å². The van der Waals surface area contributed by atoms with E-state index in [0.29, 0.717) is 24.6 Å². The molecule has 1 N–H and O–H groups in total. The van der Waals surface area contributed by atoms with Gasteiger partial charge in [0.15, 0.2) is 5.13 Å². The van der Waals surface area contributed by atoms with E-state index in [1.54, 1.807) is 0 Å². The number of amides is 1. The summed E-state index contributed by atoms with van der Waals surface area (Å²) in [6.07, 6.45) is 1.06. The number of ether oxygens (including phenoxy) is 1. The number of benzene rings is 2. The fourth-order valence-electron chi connectivity index (χ4n) is 2.35. The van der Waals surface area contributed by atoms with Gasteiger partial charge in [-0.15, -0.1) is 11.3 Å². The highest BCUT2D eigenvalue weighted by atomic mass is 79.9. The molecule has 2 aromatic carbocycles. The molecule has 0 radical (unpaired) electrons. The van der Waals surface area contributed by atoms with Crippen LogP contribution < -0.4 is 10.1 Å². The van der Waals surface area contributed by atoms with E-state index < -0.39 is 0 Å². The SMILES string of the molecule is Cc1ccc(OCCCC(=O)Nc2nc(-c3cccc(Br)c3)cs2)cc1. The van der Waals surface area contributed by atoms with Crippen LogP contribution in [0.1, 0.15) is 18.4 Å². The molecule has 3 aromatic rings. The molecule has 0 aliphatic rings. The van der Waals surface area contributed by atoms with Gasteiger partial charge >= 0.3 is 0 Å². The first kappa shape index (κ1) is 18.6. The van der Waals surface area contributed by atoms with Gasteiger partial charge in [-0.3, -0.25) is 4.79 Å². The largest absolute Gasteiger partial charge is 0.494 e. The van der Waals surface area contributed by atoms with Gasteiger partial charge < -0.3 is 10.1 Å². The lowest BCUT2D eigenvalue weighted by molar-refractivity contribution is -0.116. The van der Waals surface area contributed by atoms with Crippen LogP contribution in [0.2, 0.25) is 0 Å². The molecule has 0 atom stereocenters. The number of anilines is 1. The number of carbonyl (C=O) groups is 1. The maximum absolute atomic E-state index is 12.1. The first-order chi connectivity index (χ1) is 12.6. The van der Waals surface area contributed by atoms with E-state index in [1.807, 2.05) is 60.8 Å². The maximum Gasteiger partial charge on any atom is 0.226 e. The van der Waals surface area contributed by atoms with Crippen molar-refractivity contribution in [2.45, 2.75) is 19.8 Å². The van der Waals surface area contributed by atoms with Gasteiger partial charge in [-0.1, -0.05) is 45.8 Å². The Morgan fingerprint density at radius 3 is 2.81 bits per heavy atom. The summed E-state index contributed by atoms with van der Waals surface area (Å²) in [6.45, 7) is 2.55. The molecule has 26 heavy (non-hydrogen) atoms. The van der Waals surface area contributed by atoms with Crippen LogP contribution in [0.3, 0.4) is 0 Å². The molecule has 1 aromatic heterocycles. The highest BCUT2D eigenvalue weighted by Gasteiger charge is 2.08. The van der Waals surface area contributed by atoms with Crippen molar-refractivity contribution in [1.29, 1.82) is 0 Å². The number of thiazole rings is 1. The third kappa shape index (κ3) is 5.41. The normalized spacial score (nSPS) is 10.5. The average Bonchev–Trinajstić information content (AvgIpc) is 3.09. The van der Waals surface area contributed by atoms with Crippen LogP contribution in [0.15, 0.2) is 58.4 Å². The lowest BCUT2D eigenvalue weighted by Crippen LogP contribution is -2.12. The van der Waals surface area contributed by atoms with E-state index in [1.165, 1.54) is 16.9 Å². The minimum Gasteiger partial charge on any atom is -0.494 e. The lowest BCUT2D eigenvalue weighted by Gasteiger charge is -2.06. The second-order valence-electron chi connectivity index (χ2n) is 5.86. The molecule has 0 unspecified atom stereocenters. The van der Waals surface area contributed by atoms with Crippen LogP contribution in [0.5, 0.6) is 5.75 Å². The molecular weight excluding hydrogens is 412 g/mol. The standard InChI is InChI=1S/C20H19BrN2O2S/c1-14-7-9-17(10-8-14)25-11-3-6-19(24)23-20-22-18(13-26-20)15-4-2-5-16(21)12-15/h2,4-5,7-10,12-13H,3,6,11H2,1H3,(H,22,23,24). The van der Waals surface area contributed by atoms with Gasteiger partial charge in [0.05, 0.1) is 12.3 Å². The molecule has 0 saturated carbocycles. The van der Waals surface area contributed by atoms with Crippen LogP contribution in [-0.2, 0) is 4.79 Å². The Hall–Kier alpha value is -2.18. The quantitative estimate of drug-likeness (QED) is 0.490. The van der Waals surface area contributed by atoms with Crippen molar-refractivity contribution in [3.8, 4) is 17.0 Å². The van der Waals surface area contributed by atoms with E-state index >= 15 is 0 Å². The van der Waals surface area contributed by atoms with Crippen molar-refractivity contribution in [2.75, 3.05) is 11.9 Å². The third-order valence-electron chi connectivity index (χ3n) is 3.71. The van der Waals surface area contributed by atoms with Gasteiger partial charge in [-0.2, -0.15) is 0 Å². The highest BCUT2D eigenvalue weighted by Crippen LogP contribution is 2.27. The van der Waals surface area contributed by atoms with Crippen LogP contribution in [-0.4, -0.2) is 17.5 Å². The van der Waals surface area contributed by atoms with E-state index in [2.05, 4.69) is 26.2 Å². The van der Waals surface area contributed by atoms with Crippen molar-refractivity contribution < 1.29 is 9.53 Å². The number of aryl methyl sites for hydroxylation is 1. The molecule has 1 heterocycles. The average molecular weight is 431 g/mol. The minimum absolute atomic E-state index is 0.0485. The van der Waals surface area contributed by atoms with Gasteiger partial charge in [0.1, 0.15) is 5.75 Å². The summed E-state index contributed by atoms with van der Waals surface area (Å²) in [4.78, 5) is 16.5. The first-order valence-corrected chi connectivity index (χ1v) is 9.98. The highest BCUT2D eigenvalue weighted by molar-refractivity contribution is 9.10. The maximum atomic E-state index is 12.1. The zero-order valence-electron chi connectivity index (χ0n) is 14.4. The van der Waals surface area contributed by atoms with Crippen molar-refractivity contribution in [2.24, 2.45) is 0 Å². The number of hydrogen-bond acceptors (Lipinski definition) is 4. The zero-order valence-corrected chi connectivity index (χ0v) is 16.8. The third-order valence-corrected chi connectivity index (χ3v) is 4.96. The van der Waals surface area contributed by atoms with E-state index in [9.17, 15) is 4.79 Å². The van der Waals surface area contributed by atoms with Crippen LogP contribution in [0.4, 0.5) is 5.13 Å². The summed E-state index contributed by atoms with van der Waals surface area (Å²) in [5, 5.41) is 5.41. The summed E-state index contributed by atoms with van der Waals surface area (Å²) in [5.74, 6) is 0.780. The number of halogens is 1. The fraction of sp³-hybridized carbons (Fsp3) is 0.200. The minimum atomic E-state index is -0.0485. The second-order valence-corrected chi connectivity index (χ2v) is 7.64. The topological polar surface area (TPSA) is 51.2 Å². The molecule has 3 rings (SSSR count). The summed E-state index contributed by atoms with van der Waals surface area (Å²) in [6, 6.07) is 15.8. The molecule has 0 fully saturated rings. The Kier molecular flexibility index (Phi) is 6.41. The molecule has 1 amide bonds. The second kappa shape index (κ2) is 8.96. The Labute approximate surface area is 165 Å². The smallest absolute Gasteiger partial charge is 0.226 e. The van der Waals surface area contributed by atoms with Gasteiger partial charge in [0.25, 0.3) is 0 Å². The number of nitrogens with zero attached hydrogens (tertiary/aromatic N) is 1. The molecular formula is C20H19BrN2O2S. The number of aromatic nitrogens is 1. The Balaban J connectivity index is 1.44. The van der Waals surface area contributed by atoms with E-state index in [-0.39, 0.29) is 5.91 Å². The van der Waals surface area contributed by atoms with Gasteiger partial charge in [-0.25, -0.2) is 4.98 Å². The summed E-state index contributed by atoms with van der Waals surface area (Å²) in [7, 11) is 0. The van der Waals surface area contributed by atoms with Gasteiger partial charge in [-0.05, 0) is 37.6 Å². The lowest BCUT2D eigenvalue weighted by atomic mass is 10.2. The molecule has 0 aliphatic heterocycles. The molecule has 134 valence electrons. The van der Waals surface area contributed by atoms with Gasteiger partial charge in [0.2, 0.25) is 5.91 Å². The molecule has 0 bridgehead atoms. The van der Waals surface area contributed by atoms with Crippen molar-refractivity contribution in [1.82, 2.24) is 4.98 Å². The molecule has 0 aliphatic carbocycles. The van der Waals surface area contributed by atoms with Crippen LogP contribution in [0.25, 0.3) is 11.3 Å². The Morgan fingerprint density at radius 2 is 2.04 bits per heavy atom. The number of nitrogens with one attached hydrogen (secondary N) is 1. The summed E-state index contributed by atoms with van der Waals surface area (Å²) >= 11 is 4.88. The predicted octanol–water partition coefficient (Wildman–Crippen LogP) is 5.68. The number of rotatable bonds is 7. The molecule has 6 heteroatoms. The predicted molar refractivity (Wildman–Crippen MR) is 110 cm³/mol. The van der Waals surface area contributed by atoms with E-state index in [4.69, 9.17) is 4.74 Å². The van der Waals surface area contributed by atoms with Crippen molar-refractivity contribution in [3.63, 3.8) is 0 Å². The fourth-order valence-corrected chi connectivity index (χ4v) is 3.49. The zero-order chi connectivity index (χ0) is 18.4. The van der Waals surface area contributed by atoms with Crippen LogP contribution >= 0.6 is 27.3 Å². The first-order valence-electron chi connectivity index (χ1n) is 8.31. The molecule has 4 nitrogen and oxygen atoms in total. The number of hydrogen-bond donors (Lipinski definition) is 1. The number of carbonyl (C=O) groups excluding carboxylic acids is 1. The van der Waals surface area contributed by atoms with E-state index in [0.717, 1.165) is 21.5 Å².